The van der Waals surface area contributed by atoms with Gasteiger partial charge in [-0.1, -0.05) is 6.92 Å². The number of aromatic nitrogens is 1. The fourth-order valence-electron chi connectivity index (χ4n) is 4.04. The highest BCUT2D eigenvalue weighted by Gasteiger charge is 2.17. The van der Waals surface area contributed by atoms with Crippen molar-refractivity contribution in [3.8, 4) is 34.3 Å². The molecule has 1 aromatic heterocycles. The zero-order valence-corrected chi connectivity index (χ0v) is 19.2. The summed E-state index contributed by atoms with van der Waals surface area (Å²) in [5, 5.41) is 0.862. The van der Waals surface area contributed by atoms with Crippen molar-refractivity contribution >= 4 is 10.9 Å². The van der Waals surface area contributed by atoms with Crippen molar-refractivity contribution in [2.45, 2.75) is 26.2 Å². The molecule has 0 unspecified atom stereocenters. The van der Waals surface area contributed by atoms with E-state index in [9.17, 15) is 0 Å². The lowest BCUT2D eigenvalue weighted by atomic mass is 10.1. The third-order valence-electron chi connectivity index (χ3n) is 5.75. The lowest BCUT2D eigenvalue weighted by Crippen LogP contribution is -2.25. The molecule has 1 aliphatic rings. The largest absolute Gasteiger partial charge is 0.497 e. The van der Waals surface area contributed by atoms with Crippen LogP contribution in [0.15, 0.2) is 42.5 Å². The molecule has 6 nitrogen and oxygen atoms in total. The van der Waals surface area contributed by atoms with Gasteiger partial charge in [0.25, 0.3) is 0 Å². The lowest BCUT2D eigenvalue weighted by Gasteiger charge is -2.18. The maximum absolute atomic E-state index is 6.31. The first-order chi connectivity index (χ1) is 15.7. The number of hydrogen-bond acceptors (Lipinski definition) is 6. The predicted molar refractivity (Wildman–Crippen MR) is 127 cm³/mol. The monoisotopic (exact) mass is 436 g/mol. The van der Waals surface area contributed by atoms with E-state index >= 15 is 0 Å². The summed E-state index contributed by atoms with van der Waals surface area (Å²) in [6, 6.07) is 13.8. The SMILES string of the molecule is CCCOc1ccc(-c2cc(OCCN3CCCC3)c3c(OC)cc(OC)cc3n2)cc1. The molecule has 0 aliphatic carbocycles. The second kappa shape index (κ2) is 10.6. The molecule has 3 aromatic rings. The van der Waals surface area contributed by atoms with Crippen molar-refractivity contribution in [3.05, 3.63) is 42.5 Å². The van der Waals surface area contributed by atoms with Crippen LogP contribution in [0.3, 0.4) is 0 Å². The van der Waals surface area contributed by atoms with Crippen LogP contribution >= 0.6 is 0 Å². The number of likely N-dealkylation sites (tertiary alicyclic amines) is 1. The normalized spacial score (nSPS) is 14.0. The summed E-state index contributed by atoms with van der Waals surface area (Å²) in [6.45, 7) is 6.65. The minimum absolute atomic E-state index is 0.623. The summed E-state index contributed by atoms with van der Waals surface area (Å²) in [7, 11) is 3.30. The van der Waals surface area contributed by atoms with Crippen LogP contribution in [0.5, 0.6) is 23.0 Å². The van der Waals surface area contributed by atoms with Gasteiger partial charge in [0.15, 0.2) is 0 Å². The van der Waals surface area contributed by atoms with E-state index in [4.69, 9.17) is 23.9 Å². The summed E-state index contributed by atoms with van der Waals surface area (Å²) in [4.78, 5) is 7.35. The highest BCUT2D eigenvalue weighted by Crippen LogP contribution is 2.39. The third kappa shape index (κ3) is 5.07. The number of nitrogens with zero attached hydrogens (tertiary/aromatic N) is 2. The third-order valence-corrected chi connectivity index (χ3v) is 5.75. The molecule has 1 saturated heterocycles. The van der Waals surface area contributed by atoms with Crippen LogP contribution < -0.4 is 18.9 Å². The van der Waals surface area contributed by atoms with Gasteiger partial charge in [-0.15, -0.1) is 0 Å². The molecule has 4 rings (SSSR count). The van der Waals surface area contributed by atoms with Crippen LogP contribution in [0.4, 0.5) is 0 Å². The summed E-state index contributed by atoms with van der Waals surface area (Å²) in [5.41, 5.74) is 2.62. The number of benzene rings is 2. The smallest absolute Gasteiger partial charge is 0.135 e. The molecule has 32 heavy (non-hydrogen) atoms. The molecule has 0 radical (unpaired) electrons. The molecule has 0 N–H and O–H groups in total. The molecule has 2 heterocycles. The van der Waals surface area contributed by atoms with Crippen LogP contribution in [0.25, 0.3) is 22.2 Å². The molecular weight excluding hydrogens is 404 g/mol. The van der Waals surface area contributed by atoms with E-state index in [2.05, 4.69) is 11.8 Å². The Morgan fingerprint density at radius 2 is 1.62 bits per heavy atom. The van der Waals surface area contributed by atoms with E-state index in [1.165, 1.54) is 12.8 Å². The molecular formula is C26H32N2O4. The number of methoxy groups -OCH3 is 2. The Bertz CT molecular complexity index is 1030. The van der Waals surface area contributed by atoms with E-state index in [1.54, 1.807) is 14.2 Å². The number of rotatable bonds is 10. The Hall–Kier alpha value is -2.99. The molecule has 2 aromatic carbocycles. The highest BCUT2D eigenvalue weighted by molar-refractivity contribution is 5.94. The molecule has 1 aliphatic heterocycles. The molecule has 170 valence electrons. The second-order valence-corrected chi connectivity index (χ2v) is 8.00. The van der Waals surface area contributed by atoms with Crippen molar-refractivity contribution in [1.29, 1.82) is 0 Å². The van der Waals surface area contributed by atoms with Gasteiger partial charge in [-0.3, -0.25) is 4.90 Å². The molecule has 6 heteroatoms. The highest BCUT2D eigenvalue weighted by atomic mass is 16.5. The summed E-state index contributed by atoms with van der Waals surface area (Å²) < 4.78 is 23.2. The first-order valence-corrected chi connectivity index (χ1v) is 11.4. The summed E-state index contributed by atoms with van der Waals surface area (Å²) >= 11 is 0. The van der Waals surface area contributed by atoms with E-state index < -0.39 is 0 Å². The molecule has 0 bridgehead atoms. The Morgan fingerprint density at radius 3 is 2.31 bits per heavy atom. The van der Waals surface area contributed by atoms with Gasteiger partial charge in [0.1, 0.15) is 29.6 Å². The zero-order valence-electron chi connectivity index (χ0n) is 19.2. The zero-order chi connectivity index (χ0) is 22.3. The van der Waals surface area contributed by atoms with Gasteiger partial charge in [0, 0.05) is 30.3 Å². The van der Waals surface area contributed by atoms with E-state index in [-0.39, 0.29) is 0 Å². The maximum Gasteiger partial charge on any atom is 0.135 e. The Kier molecular flexibility index (Phi) is 7.32. The average Bonchev–Trinajstić information content (AvgIpc) is 3.35. The standard InChI is InChI=1S/C26H32N2O4/c1-4-14-31-20-9-7-19(8-10-20)22-18-25(32-15-13-28-11-5-6-12-28)26-23(27-22)16-21(29-2)17-24(26)30-3/h7-10,16-18H,4-6,11-15H2,1-3H3. The van der Waals surface area contributed by atoms with Crippen LogP contribution in [0, 0.1) is 0 Å². The molecule has 0 atom stereocenters. The number of fused-ring (bicyclic) bond motifs is 1. The van der Waals surface area contributed by atoms with E-state index in [0.29, 0.717) is 24.7 Å². The molecule has 0 saturated carbocycles. The van der Waals surface area contributed by atoms with Gasteiger partial charge >= 0.3 is 0 Å². The molecule has 0 amide bonds. The topological polar surface area (TPSA) is 53.1 Å². The van der Waals surface area contributed by atoms with Crippen molar-refractivity contribution in [2.24, 2.45) is 0 Å². The Labute approximate surface area is 190 Å². The van der Waals surface area contributed by atoms with Crippen molar-refractivity contribution in [2.75, 3.05) is 47.1 Å². The van der Waals surface area contributed by atoms with Crippen LogP contribution in [-0.2, 0) is 0 Å². The predicted octanol–water partition coefficient (Wildman–Crippen LogP) is 5.18. The van der Waals surface area contributed by atoms with E-state index in [0.717, 1.165) is 59.7 Å². The van der Waals surface area contributed by atoms with Crippen molar-refractivity contribution < 1.29 is 18.9 Å². The quantitative estimate of drug-likeness (QED) is 0.436. The average molecular weight is 437 g/mol. The van der Waals surface area contributed by atoms with Gasteiger partial charge in [-0.05, 0) is 56.6 Å². The second-order valence-electron chi connectivity index (χ2n) is 8.00. The minimum atomic E-state index is 0.623. The summed E-state index contributed by atoms with van der Waals surface area (Å²) in [6.07, 6.45) is 3.53. The van der Waals surface area contributed by atoms with Crippen LogP contribution in [0.1, 0.15) is 26.2 Å². The van der Waals surface area contributed by atoms with Gasteiger partial charge < -0.3 is 18.9 Å². The molecule has 0 spiro atoms. The first kappa shape index (κ1) is 22.2. The van der Waals surface area contributed by atoms with Crippen LogP contribution in [0.2, 0.25) is 0 Å². The Morgan fingerprint density at radius 1 is 0.844 bits per heavy atom. The lowest BCUT2D eigenvalue weighted by molar-refractivity contribution is 0.239. The minimum Gasteiger partial charge on any atom is -0.497 e. The van der Waals surface area contributed by atoms with E-state index in [1.807, 2.05) is 42.5 Å². The fourth-order valence-corrected chi connectivity index (χ4v) is 4.04. The van der Waals surface area contributed by atoms with Crippen molar-refractivity contribution in [3.63, 3.8) is 0 Å². The van der Waals surface area contributed by atoms with Gasteiger partial charge in [-0.25, -0.2) is 4.98 Å². The Balaban J connectivity index is 1.69. The van der Waals surface area contributed by atoms with Gasteiger partial charge in [0.2, 0.25) is 0 Å². The number of pyridine rings is 1. The van der Waals surface area contributed by atoms with Crippen LogP contribution in [-0.4, -0.2) is 57.0 Å². The summed E-state index contributed by atoms with van der Waals surface area (Å²) in [5.74, 6) is 3.03. The van der Waals surface area contributed by atoms with Gasteiger partial charge in [0.05, 0.1) is 37.4 Å². The maximum atomic E-state index is 6.31. The number of hydrogen-bond donors (Lipinski definition) is 0. The van der Waals surface area contributed by atoms with Crippen molar-refractivity contribution in [1.82, 2.24) is 9.88 Å². The first-order valence-electron chi connectivity index (χ1n) is 11.4. The van der Waals surface area contributed by atoms with Gasteiger partial charge in [-0.2, -0.15) is 0 Å². The fraction of sp³-hybridized carbons (Fsp3) is 0.423. The molecule has 1 fully saturated rings. The number of ether oxygens (including phenoxy) is 4.